The van der Waals surface area contributed by atoms with E-state index < -0.39 is 15.3 Å². The molecular weight excluding hydrogens is 468 g/mol. The molecule has 0 bridgehead atoms. The van der Waals surface area contributed by atoms with Crippen LogP contribution in [-0.2, 0) is 14.8 Å². The van der Waals surface area contributed by atoms with Crippen LogP contribution in [0.25, 0.3) is 0 Å². The number of amides is 1. The Morgan fingerprint density at radius 3 is 2.26 bits per heavy atom. The molecule has 1 unspecified atom stereocenters. The van der Waals surface area contributed by atoms with Gasteiger partial charge in [0.15, 0.2) is 0 Å². The number of likely N-dealkylation sites (N-methyl/N-ethyl adjacent to an activating group) is 1. The monoisotopic (exact) mass is 496 g/mol. The molecule has 9 heteroatoms. The molecule has 0 saturated carbocycles. The van der Waals surface area contributed by atoms with E-state index in [1.165, 1.54) is 22.3 Å². The number of pyridine rings is 1. The fourth-order valence-electron chi connectivity index (χ4n) is 3.63. The summed E-state index contributed by atoms with van der Waals surface area (Å²) in [5.41, 5.74) is 2.68. The van der Waals surface area contributed by atoms with Gasteiger partial charge in [0.25, 0.3) is 0 Å². The zero-order valence-electron chi connectivity index (χ0n) is 19.2. The maximum absolute atomic E-state index is 13.2. The number of thioether (sulfide) groups is 1. The smallest absolute Gasteiger partial charge is 0.244 e. The Labute approximate surface area is 205 Å². The average Bonchev–Trinajstić information content (AvgIpc) is 2.85. The number of aryl methyl sites for hydroxylation is 1. The normalized spacial score (nSPS) is 16.2. The SMILES string of the molecule is Cc1ccc(NC(=O)C(Sc2ccc(S(=O)(=O)N3CCN(C)CC3)cn2)c2ccccc2)cc1. The van der Waals surface area contributed by atoms with Gasteiger partial charge < -0.3 is 10.2 Å². The lowest BCUT2D eigenvalue weighted by atomic mass is 10.1. The van der Waals surface area contributed by atoms with Crippen molar-refractivity contribution in [3.05, 3.63) is 84.1 Å². The van der Waals surface area contributed by atoms with Crippen molar-refractivity contribution in [2.75, 3.05) is 38.5 Å². The fourth-order valence-corrected chi connectivity index (χ4v) is 5.96. The molecule has 3 aromatic rings. The number of anilines is 1. The van der Waals surface area contributed by atoms with Crippen LogP contribution < -0.4 is 5.32 Å². The van der Waals surface area contributed by atoms with E-state index in [0.717, 1.165) is 16.8 Å². The highest BCUT2D eigenvalue weighted by Gasteiger charge is 2.28. The Balaban J connectivity index is 1.52. The topological polar surface area (TPSA) is 82.6 Å². The van der Waals surface area contributed by atoms with Crippen LogP contribution >= 0.6 is 11.8 Å². The van der Waals surface area contributed by atoms with Gasteiger partial charge in [-0.15, -0.1) is 0 Å². The molecule has 1 atom stereocenters. The second-order valence-electron chi connectivity index (χ2n) is 8.30. The van der Waals surface area contributed by atoms with Gasteiger partial charge in [0.2, 0.25) is 15.9 Å². The lowest BCUT2D eigenvalue weighted by Crippen LogP contribution is -2.47. The Morgan fingerprint density at radius 2 is 1.65 bits per heavy atom. The van der Waals surface area contributed by atoms with Gasteiger partial charge in [-0.1, -0.05) is 59.8 Å². The van der Waals surface area contributed by atoms with E-state index in [-0.39, 0.29) is 10.8 Å². The van der Waals surface area contributed by atoms with E-state index in [0.29, 0.717) is 31.2 Å². The molecule has 1 amide bonds. The number of hydrogen-bond acceptors (Lipinski definition) is 6. The zero-order chi connectivity index (χ0) is 24.1. The molecule has 1 aromatic heterocycles. The number of piperazine rings is 1. The Kier molecular flexibility index (Phi) is 7.67. The molecule has 0 aliphatic carbocycles. The summed E-state index contributed by atoms with van der Waals surface area (Å²) in [6.45, 7) is 4.33. The first-order valence-electron chi connectivity index (χ1n) is 11.1. The van der Waals surface area contributed by atoms with E-state index in [4.69, 9.17) is 0 Å². The molecule has 1 fully saturated rings. The van der Waals surface area contributed by atoms with E-state index in [2.05, 4.69) is 15.2 Å². The van der Waals surface area contributed by atoms with Crippen LogP contribution in [0.1, 0.15) is 16.4 Å². The van der Waals surface area contributed by atoms with E-state index >= 15 is 0 Å². The number of rotatable bonds is 7. The van der Waals surface area contributed by atoms with Gasteiger partial charge in [-0.25, -0.2) is 13.4 Å². The minimum Gasteiger partial charge on any atom is -0.325 e. The quantitative estimate of drug-likeness (QED) is 0.501. The Bertz CT molecular complexity index is 1210. The molecule has 1 aliphatic rings. The van der Waals surface area contributed by atoms with Crippen LogP contribution in [0.5, 0.6) is 0 Å². The summed E-state index contributed by atoms with van der Waals surface area (Å²) in [5.74, 6) is -0.170. The first-order valence-corrected chi connectivity index (χ1v) is 13.4. The number of aromatic nitrogens is 1. The van der Waals surface area contributed by atoms with E-state index in [1.807, 2.05) is 68.6 Å². The van der Waals surface area contributed by atoms with Gasteiger partial charge in [-0.2, -0.15) is 4.31 Å². The van der Waals surface area contributed by atoms with Crippen LogP contribution in [0.15, 0.2) is 82.8 Å². The van der Waals surface area contributed by atoms with Crippen LogP contribution in [0.4, 0.5) is 5.69 Å². The lowest BCUT2D eigenvalue weighted by molar-refractivity contribution is -0.115. The number of hydrogen-bond donors (Lipinski definition) is 1. The number of nitrogens with one attached hydrogen (secondary N) is 1. The Hall–Kier alpha value is -2.72. The number of benzene rings is 2. The van der Waals surface area contributed by atoms with Crippen LogP contribution in [-0.4, -0.2) is 61.7 Å². The van der Waals surface area contributed by atoms with Crippen molar-refractivity contribution in [1.29, 1.82) is 0 Å². The van der Waals surface area contributed by atoms with Crippen LogP contribution in [0, 0.1) is 6.92 Å². The largest absolute Gasteiger partial charge is 0.325 e. The summed E-state index contributed by atoms with van der Waals surface area (Å²) in [6.07, 6.45) is 1.38. The first kappa shape index (κ1) is 24.4. The third-order valence-electron chi connectivity index (χ3n) is 5.71. The highest BCUT2D eigenvalue weighted by molar-refractivity contribution is 8.00. The van der Waals surface area contributed by atoms with E-state index in [9.17, 15) is 13.2 Å². The molecule has 0 radical (unpaired) electrons. The summed E-state index contributed by atoms with van der Waals surface area (Å²) in [6, 6.07) is 20.4. The summed E-state index contributed by atoms with van der Waals surface area (Å²) < 4.78 is 27.5. The third kappa shape index (κ3) is 5.85. The number of nitrogens with zero attached hydrogens (tertiary/aromatic N) is 3. The molecule has 1 N–H and O–H groups in total. The number of carbonyl (C=O) groups is 1. The second kappa shape index (κ2) is 10.7. The minimum absolute atomic E-state index is 0.168. The molecule has 1 aliphatic heterocycles. The molecule has 2 aromatic carbocycles. The minimum atomic E-state index is -3.59. The van der Waals surface area contributed by atoms with E-state index in [1.54, 1.807) is 12.1 Å². The molecule has 4 rings (SSSR count). The predicted molar refractivity (Wildman–Crippen MR) is 135 cm³/mol. The zero-order valence-corrected chi connectivity index (χ0v) is 20.8. The molecule has 178 valence electrons. The van der Waals surface area contributed by atoms with Crippen molar-refractivity contribution >= 4 is 33.4 Å². The molecule has 7 nitrogen and oxygen atoms in total. The lowest BCUT2D eigenvalue weighted by Gasteiger charge is -2.31. The van der Waals surface area contributed by atoms with Crippen LogP contribution in [0.2, 0.25) is 0 Å². The first-order chi connectivity index (χ1) is 16.3. The third-order valence-corrected chi connectivity index (χ3v) is 8.79. The van der Waals surface area contributed by atoms with Crippen molar-refractivity contribution in [1.82, 2.24) is 14.2 Å². The van der Waals surface area contributed by atoms with Crippen molar-refractivity contribution in [2.45, 2.75) is 22.1 Å². The van der Waals surface area contributed by atoms with Gasteiger partial charge in [-0.05, 0) is 43.8 Å². The number of carbonyl (C=O) groups excluding carboxylic acids is 1. The predicted octanol–water partition coefficient (Wildman–Crippen LogP) is 3.80. The molecule has 0 spiro atoms. The maximum Gasteiger partial charge on any atom is 0.244 e. The van der Waals surface area contributed by atoms with Gasteiger partial charge in [0.05, 0.1) is 5.03 Å². The molecular formula is C25H28N4O3S2. The molecule has 2 heterocycles. The van der Waals surface area contributed by atoms with Gasteiger partial charge >= 0.3 is 0 Å². The summed E-state index contributed by atoms with van der Waals surface area (Å²) >= 11 is 1.29. The fraction of sp³-hybridized carbons (Fsp3) is 0.280. The second-order valence-corrected chi connectivity index (χ2v) is 11.4. The maximum atomic E-state index is 13.2. The van der Waals surface area contributed by atoms with Crippen molar-refractivity contribution in [3.63, 3.8) is 0 Å². The number of sulfonamides is 1. The van der Waals surface area contributed by atoms with Crippen LogP contribution in [0.3, 0.4) is 0 Å². The molecule has 1 saturated heterocycles. The van der Waals surface area contributed by atoms with Gasteiger partial charge in [-0.3, -0.25) is 4.79 Å². The standard InChI is InChI=1S/C25H28N4O3S2/c1-19-8-10-21(11-9-19)27-25(30)24(20-6-4-3-5-7-20)33-23-13-12-22(18-26-23)34(31,32)29-16-14-28(2)15-17-29/h3-13,18,24H,14-17H2,1-2H3,(H,27,30). The summed E-state index contributed by atoms with van der Waals surface area (Å²) in [7, 11) is -1.61. The highest BCUT2D eigenvalue weighted by atomic mass is 32.2. The van der Waals surface area contributed by atoms with Gasteiger partial charge in [0, 0.05) is 38.1 Å². The summed E-state index contributed by atoms with van der Waals surface area (Å²) in [4.78, 5) is 19.9. The average molecular weight is 497 g/mol. The van der Waals surface area contributed by atoms with Crippen molar-refractivity contribution < 1.29 is 13.2 Å². The molecule has 34 heavy (non-hydrogen) atoms. The highest BCUT2D eigenvalue weighted by Crippen LogP contribution is 2.35. The van der Waals surface area contributed by atoms with Crippen molar-refractivity contribution in [3.8, 4) is 0 Å². The summed E-state index contributed by atoms with van der Waals surface area (Å²) in [5, 5.41) is 3.00. The van der Waals surface area contributed by atoms with Gasteiger partial charge in [0.1, 0.15) is 10.1 Å². The Morgan fingerprint density at radius 1 is 0.971 bits per heavy atom. The van der Waals surface area contributed by atoms with Crippen molar-refractivity contribution in [2.24, 2.45) is 0 Å².